The Morgan fingerprint density at radius 3 is 2.65 bits per heavy atom. The highest BCUT2D eigenvalue weighted by molar-refractivity contribution is 6.14. The van der Waals surface area contributed by atoms with Gasteiger partial charge in [0.05, 0.1) is 19.8 Å². The zero-order valence-corrected chi connectivity index (χ0v) is 14.6. The van der Waals surface area contributed by atoms with Gasteiger partial charge in [-0.3, -0.25) is 4.79 Å². The Labute approximate surface area is 150 Å². The van der Waals surface area contributed by atoms with E-state index in [0.29, 0.717) is 22.8 Å². The first-order valence-corrected chi connectivity index (χ1v) is 7.99. The van der Waals surface area contributed by atoms with Gasteiger partial charge < -0.3 is 18.9 Å². The van der Waals surface area contributed by atoms with Gasteiger partial charge in [0, 0.05) is 11.6 Å². The van der Waals surface area contributed by atoms with E-state index < -0.39 is 12.1 Å². The number of carbonyl (C=O) groups excluding carboxylic acids is 2. The van der Waals surface area contributed by atoms with Gasteiger partial charge in [-0.1, -0.05) is 18.2 Å². The summed E-state index contributed by atoms with van der Waals surface area (Å²) in [6, 6.07) is 12.1. The highest BCUT2D eigenvalue weighted by Gasteiger charge is 2.28. The Balaban J connectivity index is 1.85. The SMILES string of the molecule is COC(=O)[C@@H](C)Oc1ccc2c(c1)OC(=Cc1ccccc1OC)C2=O. The van der Waals surface area contributed by atoms with Gasteiger partial charge in [0.25, 0.3) is 0 Å². The van der Waals surface area contributed by atoms with Crippen LogP contribution in [-0.2, 0) is 9.53 Å². The van der Waals surface area contributed by atoms with Crippen molar-refractivity contribution in [2.75, 3.05) is 14.2 Å². The van der Waals surface area contributed by atoms with E-state index >= 15 is 0 Å². The van der Waals surface area contributed by atoms with Gasteiger partial charge in [0.1, 0.15) is 17.2 Å². The third-order valence-electron chi connectivity index (χ3n) is 3.91. The van der Waals surface area contributed by atoms with Gasteiger partial charge in [-0.25, -0.2) is 4.79 Å². The number of para-hydroxylation sites is 1. The summed E-state index contributed by atoms with van der Waals surface area (Å²) in [7, 11) is 2.86. The molecule has 0 radical (unpaired) electrons. The van der Waals surface area contributed by atoms with E-state index in [9.17, 15) is 9.59 Å². The van der Waals surface area contributed by atoms with Gasteiger partial charge in [-0.2, -0.15) is 0 Å². The monoisotopic (exact) mass is 354 g/mol. The Kier molecular flexibility index (Phi) is 4.93. The van der Waals surface area contributed by atoms with Crippen molar-refractivity contribution in [2.24, 2.45) is 0 Å². The van der Waals surface area contributed by atoms with Gasteiger partial charge in [-0.15, -0.1) is 0 Å². The lowest BCUT2D eigenvalue weighted by atomic mass is 10.1. The van der Waals surface area contributed by atoms with E-state index in [0.717, 1.165) is 5.56 Å². The van der Waals surface area contributed by atoms with Crippen molar-refractivity contribution in [1.82, 2.24) is 0 Å². The molecule has 0 amide bonds. The average molecular weight is 354 g/mol. The van der Waals surface area contributed by atoms with Gasteiger partial charge >= 0.3 is 5.97 Å². The molecule has 1 atom stereocenters. The first-order valence-electron chi connectivity index (χ1n) is 7.99. The lowest BCUT2D eigenvalue weighted by Gasteiger charge is -2.12. The van der Waals surface area contributed by atoms with E-state index in [1.165, 1.54) is 7.11 Å². The Hall–Kier alpha value is -3.28. The molecule has 0 bridgehead atoms. The molecule has 134 valence electrons. The minimum Gasteiger partial charge on any atom is -0.496 e. The molecule has 1 aliphatic heterocycles. The number of ketones is 1. The number of rotatable bonds is 5. The third kappa shape index (κ3) is 3.39. The van der Waals surface area contributed by atoms with Crippen LogP contribution in [0.15, 0.2) is 48.2 Å². The fourth-order valence-corrected chi connectivity index (χ4v) is 2.59. The standard InChI is InChI=1S/C20H18O6/c1-12(20(22)24-3)25-14-8-9-15-17(11-14)26-18(19(15)21)10-13-6-4-5-7-16(13)23-2/h4-12H,1-3H3/t12-/m1/s1. The second-order valence-corrected chi connectivity index (χ2v) is 5.62. The fourth-order valence-electron chi connectivity index (χ4n) is 2.59. The van der Waals surface area contributed by atoms with Crippen molar-refractivity contribution in [2.45, 2.75) is 13.0 Å². The minimum atomic E-state index is -0.765. The quantitative estimate of drug-likeness (QED) is 0.606. The number of allylic oxidation sites excluding steroid dienone is 1. The van der Waals surface area contributed by atoms with Crippen molar-refractivity contribution >= 4 is 17.8 Å². The number of hydrogen-bond acceptors (Lipinski definition) is 6. The number of Topliss-reactive ketones (excluding diaryl/α,β-unsaturated/α-hetero) is 1. The second kappa shape index (κ2) is 7.31. The van der Waals surface area contributed by atoms with Crippen molar-refractivity contribution in [3.63, 3.8) is 0 Å². The maximum absolute atomic E-state index is 12.5. The van der Waals surface area contributed by atoms with E-state index in [2.05, 4.69) is 4.74 Å². The maximum Gasteiger partial charge on any atom is 0.346 e. The molecule has 0 fully saturated rings. The summed E-state index contributed by atoms with van der Waals surface area (Å²) in [6.45, 7) is 1.58. The Morgan fingerprint density at radius 2 is 1.92 bits per heavy atom. The lowest BCUT2D eigenvalue weighted by molar-refractivity contribution is -0.147. The number of fused-ring (bicyclic) bond motifs is 1. The predicted molar refractivity (Wildman–Crippen MR) is 94.5 cm³/mol. The van der Waals surface area contributed by atoms with Crippen LogP contribution in [-0.4, -0.2) is 32.1 Å². The van der Waals surface area contributed by atoms with Crippen LogP contribution in [0.5, 0.6) is 17.2 Å². The molecular formula is C20H18O6. The molecule has 1 heterocycles. The summed E-state index contributed by atoms with van der Waals surface area (Å²) < 4.78 is 21.1. The second-order valence-electron chi connectivity index (χ2n) is 5.62. The molecule has 0 saturated heterocycles. The number of ether oxygens (including phenoxy) is 4. The number of methoxy groups -OCH3 is 2. The molecule has 1 aliphatic rings. The van der Waals surface area contributed by atoms with Crippen molar-refractivity contribution in [3.05, 3.63) is 59.4 Å². The van der Waals surface area contributed by atoms with Crippen LogP contribution < -0.4 is 14.2 Å². The molecule has 0 N–H and O–H groups in total. The number of benzene rings is 2. The molecule has 3 rings (SSSR count). The summed E-state index contributed by atoms with van der Waals surface area (Å²) in [4.78, 5) is 24.0. The molecule has 2 aromatic rings. The molecule has 0 unspecified atom stereocenters. The van der Waals surface area contributed by atoms with E-state index in [-0.39, 0.29) is 11.5 Å². The maximum atomic E-state index is 12.5. The molecule has 0 aliphatic carbocycles. The van der Waals surface area contributed by atoms with Crippen LogP contribution in [0, 0.1) is 0 Å². The third-order valence-corrected chi connectivity index (χ3v) is 3.91. The zero-order chi connectivity index (χ0) is 18.7. The van der Waals surface area contributed by atoms with Crippen LogP contribution in [0.25, 0.3) is 6.08 Å². The fraction of sp³-hybridized carbons (Fsp3) is 0.200. The topological polar surface area (TPSA) is 71.1 Å². The molecule has 0 spiro atoms. The van der Waals surface area contributed by atoms with Crippen molar-refractivity contribution < 1.29 is 28.5 Å². The Bertz CT molecular complexity index is 884. The van der Waals surface area contributed by atoms with Gasteiger partial charge in [0.2, 0.25) is 5.78 Å². The minimum absolute atomic E-state index is 0.197. The predicted octanol–water partition coefficient (Wildman–Crippen LogP) is 3.25. The zero-order valence-electron chi connectivity index (χ0n) is 14.6. The molecule has 6 heteroatoms. The normalized spacial score (nSPS) is 15.2. The largest absolute Gasteiger partial charge is 0.496 e. The summed E-state index contributed by atoms with van der Waals surface area (Å²) in [5, 5.41) is 0. The van der Waals surface area contributed by atoms with Gasteiger partial charge in [0.15, 0.2) is 11.9 Å². The average Bonchev–Trinajstić information content (AvgIpc) is 2.96. The highest BCUT2D eigenvalue weighted by atomic mass is 16.6. The molecule has 26 heavy (non-hydrogen) atoms. The van der Waals surface area contributed by atoms with E-state index in [4.69, 9.17) is 14.2 Å². The van der Waals surface area contributed by atoms with Crippen LogP contribution in [0.1, 0.15) is 22.8 Å². The van der Waals surface area contributed by atoms with Crippen molar-refractivity contribution in [3.8, 4) is 17.2 Å². The highest BCUT2D eigenvalue weighted by Crippen LogP contribution is 2.35. The van der Waals surface area contributed by atoms with E-state index in [1.54, 1.807) is 44.4 Å². The van der Waals surface area contributed by atoms with E-state index in [1.807, 2.05) is 18.2 Å². The van der Waals surface area contributed by atoms with Gasteiger partial charge in [-0.05, 0) is 31.2 Å². The van der Waals surface area contributed by atoms with Crippen LogP contribution in [0.3, 0.4) is 0 Å². The molecule has 0 saturated carbocycles. The summed E-state index contributed by atoms with van der Waals surface area (Å²) in [5.74, 6) is 0.919. The first kappa shape index (κ1) is 17.5. The summed E-state index contributed by atoms with van der Waals surface area (Å²) in [6.07, 6.45) is 0.873. The molecular weight excluding hydrogens is 336 g/mol. The summed E-state index contributed by atoms with van der Waals surface area (Å²) in [5.41, 5.74) is 1.17. The molecule has 2 aromatic carbocycles. The van der Waals surface area contributed by atoms with Crippen LogP contribution in [0.4, 0.5) is 0 Å². The summed E-state index contributed by atoms with van der Waals surface area (Å²) >= 11 is 0. The Morgan fingerprint density at radius 1 is 1.15 bits per heavy atom. The smallest absolute Gasteiger partial charge is 0.346 e. The molecule has 0 aromatic heterocycles. The number of hydrogen-bond donors (Lipinski definition) is 0. The number of esters is 1. The molecule has 6 nitrogen and oxygen atoms in total. The number of carbonyl (C=O) groups is 2. The first-order chi connectivity index (χ1) is 12.5. The lowest BCUT2D eigenvalue weighted by Crippen LogP contribution is -2.24. The van der Waals surface area contributed by atoms with Crippen molar-refractivity contribution in [1.29, 1.82) is 0 Å². The van der Waals surface area contributed by atoms with Crippen LogP contribution >= 0.6 is 0 Å². The van der Waals surface area contributed by atoms with Crippen LogP contribution in [0.2, 0.25) is 0 Å².